The lowest BCUT2D eigenvalue weighted by atomic mass is 9.84. The first-order valence-corrected chi connectivity index (χ1v) is 7.40. The number of carbonyl (C=O) groups excluding carboxylic acids is 1. The van der Waals surface area contributed by atoms with E-state index in [9.17, 15) is 4.79 Å². The Hall–Kier alpha value is -0.770. The quantitative estimate of drug-likeness (QED) is 0.804. The van der Waals surface area contributed by atoms with E-state index in [2.05, 4.69) is 5.32 Å². The molecule has 0 spiro atoms. The molecule has 1 fully saturated rings. The van der Waals surface area contributed by atoms with E-state index in [0.717, 1.165) is 19.6 Å². The molecule has 112 valence electrons. The van der Waals surface area contributed by atoms with Crippen LogP contribution in [0.4, 0.5) is 4.79 Å². The number of hydrogen-bond donors (Lipinski definition) is 1. The van der Waals surface area contributed by atoms with Gasteiger partial charge in [-0.05, 0) is 52.4 Å². The summed E-state index contributed by atoms with van der Waals surface area (Å²) in [5.74, 6) is 0. The van der Waals surface area contributed by atoms with Gasteiger partial charge in [0, 0.05) is 12.1 Å². The van der Waals surface area contributed by atoms with E-state index in [1.165, 1.54) is 25.7 Å². The molecular weight excluding hydrogens is 242 g/mol. The third-order valence-corrected chi connectivity index (χ3v) is 3.62. The van der Waals surface area contributed by atoms with Gasteiger partial charge in [-0.3, -0.25) is 0 Å². The van der Waals surface area contributed by atoms with Gasteiger partial charge in [-0.15, -0.1) is 0 Å². The second-order valence-electron chi connectivity index (χ2n) is 6.61. The van der Waals surface area contributed by atoms with Crippen LogP contribution in [0.2, 0.25) is 0 Å². The molecule has 0 heterocycles. The first kappa shape index (κ1) is 16.3. The number of hydrogen-bond acceptors (Lipinski definition) is 3. The summed E-state index contributed by atoms with van der Waals surface area (Å²) in [4.78, 5) is 11.6. The normalized spacial score (nSPS) is 18.3. The minimum atomic E-state index is -0.322. The zero-order valence-electron chi connectivity index (χ0n) is 12.9. The molecule has 0 aliphatic heterocycles. The zero-order chi connectivity index (χ0) is 14.4. The molecule has 19 heavy (non-hydrogen) atoms. The summed E-state index contributed by atoms with van der Waals surface area (Å²) < 4.78 is 10.9. The van der Waals surface area contributed by atoms with Gasteiger partial charge in [0.05, 0.1) is 13.2 Å². The Labute approximate surface area is 117 Å². The van der Waals surface area contributed by atoms with E-state index in [1.807, 2.05) is 27.7 Å². The minimum Gasteiger partial charge on any atom is -0.450 e. The van der Waals surface area contributed by atoms with Gasteiger partial charge in [-0.25, -0.2) is 4.79 Å². The average Bonchev–Trinajstić information content (AvgIpc) is 2.73. The van der Waals surface area contributed by atoms with Crippen molar-refractivity contribution in [2.24, 2.45) is 5.41 Å². The lowest BCUT2D eigenvalue weighted by Crippen LogP contribution is -2.41. The Balaban J connectivity index is 2.31. The lowest BCUT2D eigenvalue weighted by Gasteiger charge is -2.28. The van der Waals surface area contributed by atoms with Crippen molar-refractivity contribution < 1.29 is 14.3 Å². The predicted octanol–water partition coefficient (Wildman–Crippen LogP) is 3.50. The van der Waals surface area contributed by atoms with E-state index in [4.69, 9.17) is 9.47 Å². The topological polar surface area (TPSA) is 47.6 Å². The molecule has 1 aliphatic rings. The maximum atomic E-state index is 11.6. The summed E-state index contributed by atoms with van der Waals surface area (Å²) in [6, 6.07) is 0. The van der Waals surface area contributed by atoms with E-state index in [0.29, 0.717) is 6.61 Å². The zero-order valence-corrected chi connectivity index (χ0v) is 12.9. The van der Waals surface area contributed by atoms with Crippen LogP contribution in [0.1, 0.15) is 59.8 Å². The molecule has 4 nitrogen and oxygen atoms in total. The third kappa shape index (κ3) is 6.28. The van der Waals surface area contributed by atoms with Crippen LogP contribution in [-0.4, -0.2) is 31.5 Å². The molecule has 1 rings (SSSR count). The molecule has 1 N–H and O–H groups in total. The molecule has 4 heteroatoms. The van der Waals surface area contributed by atoms with E-state index >= 15 is 0 Å². The lowest BCUT2D eigenvalue weighted by molar-refractivity contribution is 0.0328. The molecule has 1 saturated carbocycles. The molecule has 0 saturated heterocycles. The van der Waals surface area contributed by atoms with Crippen molar-refractivity contribution in [1.29, 1.82) is 0 Å². The summed E-state index contributed by atoms with van der Waals surface area (Å²) in [5, 5.41) is 2.81. The van der Waals surface area contributed by atoms with Gasteiger partial charge < -0.3 is 14.8 Å². The smallest absolute Gasteiger partial charge is 0.407 e. The van der Waals surface area contributed by atoms with Crippen molar-refractivity contribution in [1.82, 2.24) is 5.32 Å². The minimum absolute atomic E-state index is 0.234. The van der Waals surface area contributed by atoms with Crippen LogP contribution in [-0.2, 0) is 9.47 Å². The Morgan fingerprint density at radius 2 is 1.89 bits per heavy atom. The molecule has 0 bridgehead atoms. The van der Waals surface area contributed by atoms with Crippen LogP contribution < -0.4 is 5.32 Å². The van der Waals surface area contributed by atoms with Gasteiger partial charge in [0.15, 0.2) is 0 Å². The predicted molar refractivity (Wildman–Crippen MR) is 76.2 cm³/mol. The highest BCUT2D eigenvalue weighted by Crippen LogP contribution is 2.41. The molecule has 0 atom stereocenters. The Morgan fingerprint density at radius 3 is 2.42 bits per heavy atom. The van der Waals surface area contributed by atoms with Gasteiger partial charge in [-0.1, -0.05) is 12.8 Å². The van der Waals surface area contributed by atoms with Gasteiger partial charge >= 0.3 is 6.09 Å². The fraction of sp³-hybridized carbons (Fsp3) is 0.933. The van der Waals surface area contributed by atoms with Crippen LogP contribution in [0.5, 0.6) is 0 Å². The molecule has 0 aromatic heterocycles. The number of amides is 1. The van der Waals surface area contributed by atoms with Crippen molar-refractivity contribution in [2.75, 3.05) is 19.8 Å². The van der Waals surface area contributed by atoms with Crippen molar-refractivity contribution in [2.45, 2.75) is 65.3 Å². The molecule has 0 unspecified atom stereocenters. The summed E-state index contributed by atoms with van der Waals surface area (Å²) in [5.41, 5.74) is -0.00846. The Bertz CT molecular complexity index is 278. The van der Waals surface area contributed by atoms with Crippen molar-refractivity contribution in [3.05, 3.63) is 0 Å². The second-order valence-corrected chi connectivity index (χ2v) is 6.61. The van der Waals surface area contributed by atoms with E-state index < -0.39 is 0 Å². The molecular formula is C15H29NO3. The SMILES string of the molecule is CCOCC1(CCOC(=O)NC(C)(C)C)CCCC1. The largest absolute Gasteiger partial charge is 0.450 e. The third-order valence-electron chi connectivity index (χ3n) is 3.62. The van der Waals surface area contributed by atoms with Gasteiger partial charge in [0.25, 0.3) is 0 Å². The highest BCUT2D eigenvalue weighted by atomic mass is 16.5. The monoisotopic (exact) mass is 271 g/mol. The maximum absolute atomic E-state index is 11.6. The Kier molecular flexibility index (Phi) is 6.11. The summed E-state index contributed by atoms with van der Waals surface area (Å²) in [6.45, 7) is 9.90. The van der Waals surface area contributed by atoms with Crippen LogP contribution in [0, 0.1) is 5.41 Å². The number of nitrogens with one attached hydrogen (secondary N) is 1. The van der Waals surface area contributed by atoms with Crippen LogP contribution in [0.25, 0.3) is 0 Å². The summed E-state index contributed by atoms with van der Waals surface area (Å²) >= 11 is 0. The maximum Gasteiger partial charge on any atom is 0.407 e. The molecule has 1 amide bonds. The first-order chi connectivity index (χ1) is 8.87. The van der Waals surface area contributed by atoms with Crippen LogP contribution in [0.3, 0.4) is 0 Å². The van der Waals surface area contributed by atoms with Crippen LogP contribution >= 0.6 is 0 Å². The van der Waals surface area contributed by atoms with Crippen molar-refractivity contribution in [3.8, 4) is 0 Å². The molecule has 1 aliphatic carbocycles. The molecule has 0 aromatic rings. The average molecular weight is 271 g/mol. The van der Waals surface area contributed by atoms with E-state index in [-0.39, 0.29) is 17.0 Å². The number of alkyl carbamates (subject to hydrolysis) is 1. The molecule has 0 aromatic carbocycles. The van der Waals surface area contributed by atoms with E-state index in [1.54, 1.807) is 0 Å². The summed E-state index contributed by atoms with van der Waals surface area (Å²) in [6.07, 6.45) is 5.50. The number of carbonyl (C=O) groups is 1. The fourth-order valence-electron chi connectivity index (χ4n) is 2.61. The van der Waals surface area contributed by atoms with Crippen LogP contribution in [0.15, 0.2) is 0 Å². The standard InChI is InChI=1S/C15H29NO3/c1-5-18-12-15(8-6-7-9-15)10-11-19-13(17)16-14(2,3)4/h5-12H2,1-4H3,(H,16,17). The fourth-order valence-corrected chi connectivity index (χ4v) is 2.61. The van der Waals surface area contributed by atoms with Gasteiger partial charge in [0.1, 0.15) is 0 Å². The second kappa shape index (κ2) is 7.13. The highest BCUT2D eigenvalue weighted by Gasteiger charge is 2.34. The van der Waals surface area contributed by atoms with Crippen molar-refractivity contribution >= 4 is 6.09 Å². The molecule has 0 radical (unpaired) electrons. The van der Waals surface area contributed by atoms with Gasteiger partial charge in [-0.2, -0.15) is 0 Å². The summed E-state index contributed by atoms with van der Waals surface area (Å²) in [7, 11) is 0. The first-order valence-electron chi connectivity index (χ1n) is 7.40. The number of rotatable bonds is 6. The van der Waals surface area contributed by atoms with Crippen molar-refractivity contribution in [3.63, 3.8) is 0 Å². The van der Waals surface area contributed by atoms with Gasteiger partial charge in [0.2, 0.25) is 0 Å². The Morgan fingerprint density at radius 1 is 1.26 bits per heavy atom. The number of ether oxygens (including phenoxy) is 2. The highest BCUT2D eigenvalue weighted by molar-refractivity contribution is 5.67.